The lowest BCUT2D eigenvalue weighted by Gasteiger charge is -2.14. The van der Waals surface area contributed by atoms with Crippen LogP contribution >= 0.6 is 0 Å². The average Bonchev–Trinajstić information content (AvgIpc) is 2.86. The Morgan fingerprint density at radius 1 is 1.21 bits per heavy atom. The van der Waals surface area contributed by atoms with Crippen molar-refractivity contribution in [3.05, 3.63) is 53.0 Å². The molecule has 0 aliphatic heterocycles. The third-order valence-electron chi connectivity index (χ3n) is 3.61. The number of hydrogen-bond acceptors (Lipinski definition) is 3. The van der Waals surface area contributed by atoms with Gasteiger partial charge in [-0.25, -0.2) is 4.79 Å². The summed E-state index contributed by atoms with van der Waals surface area (Å²) in [6.07, 6.45) is 0. The molecule has 0 unspecified atom stereocenters. The van der Waals surface area contributed by atoms with Gasteiger partial charge in [0.05, 0.1) is 6.04 Å². The molecule has 0 bridgehead atoms. The monoisotopic (exact) mass is 329 g/mol. The van der Waals surface area contributed by atoms with E-state index in [1.807, 2.05) is 33.8 Å². The summed E-state index contributed by atoms with van der Waals surface area (Å²) < 4.78 is 5.48. The minimum atomic E-state index is -0.339. The van der Waals surface area contributed by atoms with E-state index >= 15 is 0 Å². The topological polar surface area (TPSA) is 83.4 Å². The molecule has 2 rings (SSSR count). The molecule has 3 amide bonds. The molecule has 128 valence electrons. The summed E-state index contributed by atoms with van der Waals surface area (Å²) in [5, 5.41) is 8.33. The van der Waals surface area contributed by atoms with E-state index in [4.69, 9.17) is 4.42 Å². The minimum Gasteiger partial charge on any atom is -0.466 e. The summed E-state index contributed by atoms with van der Waals surface area (Å²) in [5.74, 6) is 1.43. The number of furan rings is 1. The molecular formula is C18H23N3O3. The number of carbonyl (C=O) groups is 2. The van der Waals surface area contributed by atoms with Crippen molar-refractivity contribution in [1.82, 2.24) is 10.6 Å². The summed E-state index contributed by atoms with van der Waals surface area (Å²) in [4.78, 5) is 24.0. The van der Waals surface area contributed by atoms with E-state index in [9.17, 15) is 9.59 Å². The van der Waals surface area contributed by atoms with Gasteiger partial charge < -0.3 is 20.4 Å². The second-order valence-electron chi connectivity index (χ2n) is 5.63. The largest absolute Gasteiger partial charge is 0.466 e. The van der Waals surface area contributed by atoms with Crippen molar-refractivity contribution in [3.8, 4) is 0 Å². The van der Waals surface area contributed by atoms with Crippen molar-refractivity contribution in [1.29, 1.82) is 0 Å². The molecule has 0 saturated carbocycles. The second-order valence-corrected chi connectivity index (χ2v) is 5.63. The van der Waals surface area contributed by atoms with Crippen molar-refractivity contribution in [2.75, 3.05) is 11.9 Å². The molecule has 24 heavy (non-hydrogen) atoms. The van der Waals surface area contributed by atoms with Crippen LogP contribution in [0.5, 0.6) is 0 Å². The highest BCUT2D eigenvalue weighted by atomic mass is 16.3. The van der Waals surface area contributed by atoms with Crippen LogP contribution in [0.3, 0.4) is 0 Å². The molecular weight excluding hydrogens is 306 g/mol. The minimum absolute atomic E-state index is 0.167. The Morgan fingerprint density at radius 2 is 1.96 bits per heavy atom. The first-order valence-electron chi connectivity index (χ1n) is 7.93. The number of nitrogens with one attached hydrogen (secondary N) is 3. The first kappa shape index (κ1) is 17.6. The molecule has 6 heteroatoms. The Bertz CT molecular complexity index is 737. The highest BCUT2D eigenvalue weighted by molar-refractivity contribution is 5.96. The Morgan fingerprint density at radius 3 is 2.58 bits per heavy atom. The summed E-state index contributed by atoms with van der Waals surface area (Å²) in [7, 11) is 0. The number of hydrogen-bond donors (Lipinski definition) is 3. The number of urea groups is 1. The van der Waals surface area contributed by atoms with Gasteiger partial charge in [0.15, 0.2) is 0 Å². The van der Waals surface area contributed by atoms with Crippen LogP contribution in [0, 0.1) is 13.8 Å². The fourth-order valence-electron chi connectivity index (χ4n) is 2.52. The Labute approximate surface area is 141 Å². The van der Waals surface area contributed by atoms with E-state index in [2.05, 4.69) is 16.0 Å². The molecule has 0 saturated heterocycles. The SMILES string of the molecule is CCNC(=O)c1cccc(NC(=O)N[C@@H](C)c2cc(C)oc2C)c1. The van der Waals surface area contributed by atoms with Gasteiger partial charge in [0.2, 0.25) is 0 Å². The molecule has 0 radical (unpaired) electrons. The predicted octanol–water partition coefficient (Wildman–Crippen LogP) is 3.53. The lowest BCUT2D eigenvalue weighted by molar-refractivity contribution is 0.0956. The van der Waals surface area contributed by atoms with E-state index in [1.165, 1.54) is 0 Å². The van der Waals surface area contributed by atoms with Crippen LogP contribution in [0.1, 0.15) is 47.3 Å². The van der Waals surface area contributed by atoms with Crippen LogP contribution in [0.4, 0.5) is 10.5 Å². The number of carbonyl (C=O) groups excluding carboxylic acids is 2. The molecule has 3 N–H and O–H groups in total. The van der Waals surface area contributed by atoms with Crippen molar-refractivity contribution in [2.45, 2.75) is 33.7 Å². The molecule has 1 aromatic heterocycles. The van der Waals surface area contributed by atoms with Gasteiger partial charge in [-0.2, -0.15) is 0 Å². The quantitative estimate of drug-likeness (QED) is 0.784. The third kappa shape index (κ3) is 4.38. The molecule has 1 heterocycles. The third-order valence-corrected chi connectivity index (χ3v) is 3.61. The number of benzene rings is 1. The van der Waals surface area contributed by atoms with E-state index < -0.39 is 0 Å². The molecule has 0 aliphatic carbocycles. The van der Waals surface area contributed by atoms with Crippen LogP contribution in [-0.4, -0.2) is 18.5 Å². The maximum absolute atomic E-state index is 12.2. The van der Waals surface area contributed by atoms with Crippen molar-refractivity contribution in [3.63, 3.8) is 0 Å². The number of rotatable bonds is 5. The van der Waals surface area contributed by atoms with Gasteiger partial charge in [-0.1, -0.05) is 6.07 Å². The number of amides is 3. The van der Waals surface area contributed by atoms with Crippen LogP contribution in [0.25, 0.3) is 0 Å². The zero-order valence-corrected chi connectivity index (χ0v) is 14.4. The molecule has 2 aromatic rings. The first-order valence-corrected chi connectivity index (χ1v) is 7.93. The molecule has 1 atom stereocenters. The zero-order chi connectivity index (χ0) is 17.7. The predicted molar refractivity (Wildman–Crippen MR) is 93.2 cm³/mol. The first-order chi connectivity index (χ1) is 11.4. The lowest BCUT2D eigenvalue weighted by atomic mass is 10.1. The van der Waals surface area contributed by atoms with Crippen LogP contribution in [-0.2, 0) is 0 Å². The van der Waals surface area contributed by atoms with Gasteiger partial charge in [0.1, 0.15) is 11.5 Å². The fraction of sp³-hybridized carbons (Fsp3) is 0.333. The number of anilines is 1. The second kappa shape index (κ2) is 7.68. The Kier molecular flexibility index (Phi) is 5.63. The lowest BCUT2D eigenvalue weighted by Crippen LogP contribution is -2.31. The van der Waals surface area contributed by atoms with Crippen LogP contribution in [0.15, 0.2) is 34.7 Å². The smallest absolute Gasteiger partial charge is 0.319 e. The average molecular weight is 329 g/mol. The van der Waals surface area contributed by atoms with Gasteiger partial charge in [-0.05, 0) is 52.0 Å². The van der Waals surface area contributed by atoms with Crippen LogP contribution < -0.4 is 16.0 Å². The summed E-state index contributed by atoms with van der Waals surface area (Å²) >= 11 is 0. The van der Waals surface area contributed by atoms with Gasteiger partial charge in [0, 0.05) is 23.4 Å². The van der Waals surface area contributed by atoms with Gasteiger partial charge >= 0.3 is 6.03 Å². The van der Waals surface area contributed by atoms with Crippen molar-refractivity contribution < 1.29 is 14.0 Å². The summed E-state index contributed by atoms with van der Waals surface area (Å²) in [5.41, 5.74) is 2.01. The summed E-state index contributed by atoms with van der Waals surface area (Å²) in [6.45, 7) is 8.04. The maximum atomic E-state index is 12.2. The normalized spacial score (nSPS) is 11.7. The van der Waals surface area contributed by atoms with E-state index in [1.54, 1.807) is 24.3 Å². The highest BCUT2D eigenvalue weighted by Crippen LogP contribution is 2.21. The van der Waals surface area contributed by atoms with Crippen molar-refractivity contribution >= 4 is 17.6 Å². The molecule has 0 spiro atoms. The zero-order valence-electron chi connectivity index (χ0n) is 14.4. The van der Waals surface area contributed by atoms with E-state index in [-0.39, 0.29) is 18.0 Å². The van der Waals surface area contributed by atoms with Crippen LogP contribution in [0.2, 0.25) is 0 Å². The highest BCUT2D eigenvalue weighted by Gasteiger charge is 2.15. The van der Waals surface area contributed by atoms with Crippen molar-refractivity contribution in [2.24, 2.45) is 0 Å². The molecule has 1 aromatic carbocycles. The standard InChI is InChI=1S/C18H23N3O3/c1-5-19-17(22)14-7-6-8-15(10-14)21-18(23)20-12(3)16-9-11(2)24-13(16)4/h6-10,12H,5H2,1-4H3,(H,19,22)(H2,20,21,23)/t12-/m0/s1. The molecule has 0 fully saturated rings. The number of aryl methyl sites for hydroxylation is 2. The van der Waals surface area contributed by atoms with Gasteiger partial charge in [0.25, 0.3) is 5.91 Å². The fourth-order valence-corrected chi connectivity index (χ4v) is 2.52. The molecule has 6 nitrogen and oxygen atoms in total. The Balaban J connectivity index is 2.00. The Hall–Kier alpha value is -2.76. The van der Waals surface area contributed by atoms with E-state index in [0.717, 1.165) is 17.1 Å². The van der Waals surface area contributed by atoms with E-state index in [0.29, 0.717) is 17.8 Å². The summed E-state index contributed by atoms with van der Waals surface area (Å²) in [6, 6.07) is 8.20. The van der Waals surface area contributed by atoms with Gasteiger partial charge in [-0.3, -0.25) is 4.79 Å². The maximum Gasteiger partial charge on any atom is 0.319 e. The molecule has 0 aliphatic rings. The van der Waals surface area contributed by atoms with Gasteiger partial charge in [-0.15, -0.1) is 0 Å².